The fraction of sp³-hybridized carbons (Fsp3) is 0. The van der Waals surface area contributed by atoms with Crippen LogP contribution in [0.15, 0.2) is 18.7 Å². The summed E-state index contributed by atoms with van der Waals surface area (Å²) < 4.78 is 0. The van der Waals surface area contributed by atoms with E-state index in [0.717, 1.165) is 0 Å². The lowest BCUT2D eigenvalue weighted by molar-refractivity contribution is 0.0691. The van der Waals surface area contributed by atoms with E-state index in [1.807, 2.05) is 0 Å². The third kappa shape index (κ3) is 1.18. The predicted octanol–water partition coefficient (Wildman–Crippen LogP) is 0.0696. The largest absolute Gasteiger partial charge is 0.476 e. The molecular weight excluding hydrogens is 172 g/mol. The molecule has 0 fully saturated rings. The highest BCUT2D eigenvalue weighted by Gasteiger charge is 2.16. The van der Waals surface area contributed by atoms with Crippen LogP contribution in [0.4, 0.5) is 0 Å². The van der Waals surface area contributed by atoms with Gasteiger partial charge in [-0.05, 0) is 0 Å². The summed E-state index contributed by atoms with van der Waals surface area (Å²) in [6.45, 7) is 0. The van der Waals surface area contributed by atoms with Crippen LogP contribution >= 0.6 is 0 Å². The Bertz CT molecular complexity index is 431. The molecule has 0 spiro atoms. The van der Waals surface area contributed by atoms with Crippen LogP contribution in [0.1, 0.15) is 10.5 Å². The summed E-state index contributed by atoms with van der Waals surface area (Å²) >= 11 is 0. The molecule has 0 saturated heterocycles. The van der Waals surface area contributed by atoms with Gasteiger partial charge in [0.1, 0.15) is 12.0 Å². The van der Waals surface area contributed by atoms with Gasteiger partial charge in [0, 0.05) is 11.8 Å². The highest BCUT2D eigenvalue weighted by Crippen LogP contribution is 2.17. The van der Waals surface area contributed by atoms with Crippen molar-refractivity contribution < 1.29 is 9.90 Å². The molecule has 0 radical (unpaired) electrons. The minimum atomic E-state index is -1.14. The molecule has 0 bridgehead atoms. The van der Waals surface area contributed by atoms with Crippen molar-refractivity contribution in [3.05, 3.63) is 24.4 Å². The molecule has 6 heteroatoms. The van der Waals surface area contributed by atoms with Gasteiger partial charge in [-0.15, -0.1) is 5.10 Å². The summed E-state index contributed by atoms with van der Waals surface area (Å²) in [5.74, 6) is -1.14. The van der Waals surface area contributed by atoms with Crippen LogP contribution < -0.4 is 0 Å². The van der Waals surface area contributed by atoms with Gasteiger partial charge in [0.15, 0.2) is 5.69 Å². The van der Waals surface area contributed by atoms with Crippen LogP contribution in [-0.4, -0.2) is 31.2 Å². The first kappa shape index (κ1) is 7.53. The number of fused-ring (bicyclic) bond motifs is 1. The van der Waals surface area contributed by atoms with Crippen molar-refractivity contribution in [3.8, 4) is 11.3 Å². The standard InChI is InChI=1S/C7H4N4O2/c12-7(13)6-5-4(2-10-11-5)1-8-3-9-6/h1-3H,(H,12,13). The molecule has 0 aromatic rings. The molecule has 2 aliphatic heterocycles. The molecule has 0 aromatic carbocycles. The quantitative estimate of drug-likeness (QED) is 0.661. The predicted molar refractivity (Wildman–Crippen MR) is 41.2 cm³/mol. The number of aromatic carboxylic acids is 1. The highest BCUT2D eigenvalue weighted by molar-refractivity contribution is 5.92. The zero-order chi connectivity index (χ0) is 9.26. The van der Waals surface area contributed by atoms with Gasteiger partial charge in [-0.2, -0.15) is 5.10 Å². The van der Waals surface area contributed by atoms with Crippen molar-refractivity contribution in [2.24, 2.45) is 0 Å². The van der Waals surface area contributed by atoms with Gasteiger partial charge in [-0.25, -0.2) is 14.8 Å². The Morgan fingerprint density at radius 3 is 3.00 bits per heavy atom. The van der Waals surface area contributed by atoms with Crippen LogP contribution in [0.3, 0.4) is 0 Å². The number of nitrogens with zero attached hydrogens (tertiary/aromatic N) is 4. The van der Waals surface area contributed by atoms with E-state index in [9.17, 15) is 4.79 Å². The van der Waals surface area contributed by atoms with Crippen LogP contribution in [0.25, 0.3) is 11.3 Å². The van der Waals surface area contributed by atoms with Crippen LogP contribution in [0.5, 0.6) is 0 Å². The van der Waals surface area contributed by atoms with Gasteiger partial charge < -0.3 is 5.11 Å². The molecule has 2 aliphatic rings. The fourth-order valence-electron chi connectivity index (χ4n) is 0.969. The molecule has 1 N–H and O–H groups in total. The summed E-state index contributed by atoms with van der Waals surface area (Å²) in [5, 5.41) is 16.0. The summed E-state index contributed by atoms with van der Waals surface area (Å²) in [6, 6.07) is 0. The van der Waals surface area contributed by atoms with E-state index in [2.05, 4.69) is 20.2 Å². The van der Waals surface area contributed by atoms with E-state index in [0.29, 0.717) is 5.56 Å². The maximum atomic E-state index is 10.7. The number of hydrogen-bond acceptors (Lipinski definition) is 5. The lowest BCUT2D eigenvalue weighted by atomic mass is 10.2. The zero-order valence-corrected chi connectivity index (χ0v) is 6.38. The van der Waals surface area contributed by atoms with E-state index >= 15 is 0 Å². The Morgan fingerprint density at radius 1 is 1.38 bits per heavy atom. The average Bonchev–Trinajstić information content (AvgIpc) is 2.44. The fourth-order valence-corrected chi connectivity index (χ4v) is 0.969. The third-order valence-corrected chi connectivity index (χ3v) is 1.52. The molecule has 0 atom stereocenters. The molecule has 0 unspecified atom stereocenters. The maximum Gasteiger partial charge on any atom is 0.356 e. The van der Waals surface area contributed by atoms with E-state index in [-0.39, 0.29) is 11.4 Å². The first-order valence-electron chi connectivity index (χ1n) is 3.44. The molecule has 0 aromatic heterocycles. The minimum Gasteiger partial charge on any atom is -0.476 e. The second-order valence-corrected chi connectivity index (χ2v) is 2.33. The van der Waals surface area contributed by atoms with Gasteiger partial charge >= 0.3 is 5.97 Å². The van der Waals surface area contributed by atoms with Crippen molar-refractivity contribution in [2.45, 2.75) is 0 Å². The normalized spacial score (nSPS) is 10.2. The van der Waals surface area contributed by atoms with E-state index in [1.165, 1.54) is 18.7 Å². The van der Waals surface area contributed by atoms with E-state index in [1.54, 1.807) is 0 Å². The Balaban J connectivity index is 2.74. The van der Waals surface area contributed by atoms with Gasteiger partial charge in [-0.3, -0.25) is 0 Å². The number of carboxylic acids is 1. The molecule has 0 amide bonds. The van der Waals surface area contributed by atoms with Gasteiger partial charge in [0.05, 0.1) is 6.20 Å². The number of aromatic nitrogens is 4. The van der Waals surface area contributed by atoms with Crippen LogP contribution in [0.2, 0.25) is 0 Å². The molecular formula is C7H4N4O2. The van der Waals surface area contributed by atoms with E-state index in [4.69, 9.17) is 5.11 Å². The summed E-state index contributed by atoms with van der Waals surface area (Å²) in [5.41, 5.74) is 0.685. The molecule has 13 heavy (non-hydrogen) atoms. The van der Waals surface area contributed by atoms with E-state index < -0.39 is 5.97 Å². The van der Waals surface area contributed by atoms with Gasteiger partial charge in [0.25, 0.3) is 0 Å². The zero-order valence-electron chi connectivity index (χ0n) is 6.38. The summed E-state index contributed by atoms with van der Waals surface area (Å²) in [6.07, 6.45) is 4.08. The average molecular weight is 176 g/mol. The van der Waals surface area contributed by atoms with Crippen molar-refractivity contribution >= 4 is 5.97 Å². The minimum absolute atomic E-state index is 0.134. The number of hydrogen-bond donors (Lipinski definition) is 1. The second kappa shape index (κ2) is 2.74. The maximum absolute atomic E-state index is 10.7. The number of rotatable bonds is 1. The second-order valence-electron chi connectivity index (χ2n) is 2.33. The topological polar surface area (TPSA) is 88.9 Å². The molecule has 2 rings (SSSR count). The van der Waals surface area contributed by atoms with Crippen molar-refractivity contribution in [3.63, 3.8) is 0 Å². The van der Waals surface area contributed by atoms with Crippen molar-refractivity contribution in [1.29, 1.82) is 0 Å². The summed E-state index contributed by atoms with van der Waals surface area (Å²) in [7, 11) is 0. The summed E-state index contributed by atoms with van der Waals surface area (Å²) in [4.78, 5) is 18.1. The Morgan fingerprint density at radius 2 is 2.23 bits per heavy atom. The van der Waals surface area contributed by atoms with Crippen molar-refractivity contribution in [2.75, 3.05) is 0 Å². The Labute approximate surface area is 72.6 Å². The molecule has 0 saturated carbocycles. The van der Waals surface area contributed by atoms with Crippen LogP contribution in [0, 0.1) is 0 Å². The monoisotopic (exact) mass is 176 g/mol. The third-order valence-electron chi connectivity index (χ3n) is 1.52. The molecule has 2 heterocycles. The molecule has 64 valence electrons. The first-order valence-corrected chi connectivity index (χ1v) is 3.44. The molecule has 6 nitrogen and oxygen atoms in total. The molecule has 0 aliphatic carbocycles. The first-order chi connectivity index (χ1) is 6.29. The van der Waals surface area contributed by atoms with Gasteiger partial charge in [0.2, 0.25) is 0 Å². The smallest absolute Gasteiger partial charge is 0.356 e. The lowest BCUT2D eigenvalue weighted by Crippen LogP contribution is -2.00. The number of carbonyl (C=O) groups is 1. The highest BCUT2D eigenvalue weighted by atomic mass is 16.4. The Kier molecular flexibility index (Phi) is 1.59. The van der Waals surface area contributed by atoms with Crippen molar-refractivity contribution in [1.82, 2.24) is 20.2 Å². The van der Waals surface area contributed by atoms with Crippen LogP contribution in [-0.2, 0) is 0 Å². The van der Waals surface area contributed by atoms with Gasteiger partial charge in [-0.1, -0.05) is 0 Å². The Hall–Kier alpha value is -2.11. The lowest BCUT2D eigenvalue weighted by Gasteiger charge is -1.90. The number of carboxylic acid groups (broad SMARTS) is 1. The SMILES string of the molecule is O=C(O)c1ncncc2cnnc1-2.